The zero-order valence-corrected chi connectivity index (χ0v) is 19.3. The fraction of sp³-hybridized carbons (Fsp3) is 0.917. The Morgan fingerprint density at radius 1 is 0.969 bits per heavy atom. The van der Waals surface area contributed by atoms with Crippen LogP contribution in [-0.4, -0.2) is 65.1 Å². The molecule has 4 bridgehead atoms. The maximum absolute atomic E-state index is 12.5. The normalized spacial score (nSPS) is 56.3. The molecular formula is C24H34O8. The Bertz CT molecular complexity index is 881. The van der Waals surface area contributed by atoms with Gasteiger partial charge in [0.1, 0.15) is 17.8 Å². The van der Waals surface area contributed by atoms with E-state index in [1.165, 1.54) is 13.8 Å². The minimum Gasteiger partial charge on any atom is -0.461 e. The van der Waals surface area contributed by atoms with Gasteiger partial charge in [-0.3, -0.25) is 9.59 Å². The van der Waals surface area contributed by atoms with Crippen molar-refractivity contribution < 1.29 is 38.7 Å². The third-order valence-electron chi connectivity index (χ3n) is 10.3. The van der Waals surface area contributed by atoms with Gasteiger partial charge in [0.15, 0.2) is 6.10 Å². The van der Waals surface area contributed by atoms with Crippen LogP contribution in [0, 0.1) is 34.0 Å². The van der Waals surface area contributed by atoms with Crippen molar-refractivity contribution in [2.45, 2.75) is 89.5 Å². The predicted octanol–water partition coefficient (Wildman–Crippen LogP) is 1.55. The quantitative estimate of drug-likeness (QED) is 0.481. The van der Waals surface area contributed by atoms with Gasteiger partial charge >= 0.3 is 11.9 Å². The van der Waals surface area contributed by atoms with Crippen LogP contribution in [0.4, 0.5) is 0 Å². The summed E-state index contributed by atoms with van der Waals surface area (Å²) >= 11 is 0. The number of hydrogen-bond donors (Lipinski definition) is 2. The highest BCUT2D eigenvalue weighted by Gasteiger charge is 2.91. The summed E-state index contributed by atoms with van der Waals surface area (Å²) in [5.41, 5.74) is -2.73. The van der Waals surface area contributed by atoms with E-state index in [0.29, 0.717) is 13.2 Å². The summed E-state index contributed by atoms with van der Waals surface area (Å²) < 4.78 is 24.0. The fourth-order valence-corrected chi connectivity index (χ4v) is 9.53. The van der Waals surface area contributed by atoms with Crippen molar-refractivity contribution in [3.05, 3.63) is 0 Å². The Morgan fingerprint density at radius 2 is 1.62 bits per heavy atom. The third kappa shape index (κ3) is 2.10. The molecule has 3 saturated heterocycles. The molecule has 7 aliphatic rings. The Balaban J connectivity index is 1.61. The molecule has 10 atom stereocenters. The van der Waals surface area contributed by atoms with E-state index in [0.717, 1.165) is 32.1 Å². The maximum atomic E-state index is 12.5. The number of epoxide rings is 1. The summed E-state index contributed by atoms with van der Waals surface area (Å²) in [5, 5.41) is 24.4. The molecule has 3 aliphatic heterocycles. The average molecular weight is 451 g/mol. The largest absolute Gasteiger partial charge is 0.461 e. The van der Waals surface area contributed by atoms with Crippen molar-refractivity contribution >= 4 is 11.9 Å². The lowest BCUT2D eigenvalue weighted by Crippen LogP contribution is -2.85. The number of aliphatic hydroxyl groups excluding tert-OH is 1. The van der Waals surface area contributed by atoms with Gasteiger partial charge in [0.25, 0.3) is 0 Å². The molecule has 0 aromatic rings. The first-order chi connectivity index (χ1) is 15.0. The van der Waals surface area contributed by atoms with Gasteiger partial charge in [0.05, 0.1) is 18.6 Å². The summed E-state index contributed by atoms with van der Waals surface area (Å²) in [6, 6.07) is 0. The van der Waals surface area contributed by atoms with Crippen LogP contribution in [0.5, 0.6) is 0 Å². The van der Waals surface area contributed by atoms with E-state index in [4.69, 9.17) is 18.9 Å². The average Bonchev–Trinajstić information content (AvgIpc) is 3.48. The zero-order chi connectivity index (χ0) is 22.9. The Labute approximate surface area is 187 Å². The summed E-state index contributed by atoms with van der Waals surface area (Å²) in [6.07, 6.45) is 1.55. The van der Waals surface area contributed by atoms with E-state index in [2.05, 4.69) is 13.8 Å². The fourth-order valence-electron chi connectivity index (χ4n) is 9.53. The Morgan fingerprint density at radius 3 is 2.25 bits per heavy atom. The molecule has 8 nitrogen and oxygen atoms in total. The molecule has 2 N–H and O–H groups in total. The minimum atomic E-state index is -1.97. The van der Waals surface area contributed by atoms with E-state index in [1.807, 2.05) is 0 Å². The second kappa shape index (κ2) is 6.06. The number of carbonyl (C=O) groups excluding carboxylic acids is 2. The van der Waals surface area contributed by atoms with Crippen molar-refractivity contribution in [3.63, 3.8) is 0 Å². The van der Waals surface area contributed by atoms with Gasteiger partial charge in [-0.1, -0.05) is 20.3 Å². The lowest BCUT2D eigenvalue weighted by molar-refractivity contribution is -0.468. The molecule has 0 amide bonds. The van der Waals surface area contributed by atoms with Gasteiger partial charge in [-0.2, -0.15) is 0 Å². The molecule has 0 aromatic carbocycles. The monoisotopic (exact) mass is 450 g/mol. The van der Waals surface area contributed by atoms with Gasteiger partial charge in [-0.15, -0.1) is 0 Å². The van der Waals surface area contributed by atoms with Crippen molar-refractivity contribution in [1.29, 1.82) is 0 Å². The Kier molecular flexibility index (Phi) is 4.04. The van der Waals surface area contributed by atoms with E-state index >= 15 is 0 Å². The first kappa shape index (κ1) is 21.3. The molecule has 7 fully saturated rings. The lowest BCUT2D eigenvalue weighted by Gasteiger charge is -2.75. The molecule has 32 heavy (non-hydrogen) atoms. The molecule has 10 unspecified atom stereocenters. The van der Waals surface area contributed by atoms with Crippen LogP contribution in [0.2, 0.25) is 0 Å². The lowest BCUT2D eigenvalue weighted by atomic mass is 9.36. The number of aliphatic hydroxyl groups is 2. The minimum absolute atomic E-state index is 0.125. The molecule has 3 spiro atoms. The van der Waals surface area contributed by atoms with E-state index in [1.54, 1.807) is 0 Å². The molecule has 0 aromatic heterocycles. The third-order valence-corrected chi connectivity index (χ3v) is 10.3. The first-order valence-corrected chi connectivity index (χ1v) is 12.0. The van der Waals surface area contributed by atoms with E-state index < -0.39 is 52.5 Å². The summed E-state index contributed by atoms with van der Waals surface area (Å²) in [5.74, 6) is -3.42. The molecular weight excluding hydrogens is 416 g/mol. The molecule has 4 saturated carbocycles. The number of fused-ring (bicyclic) bond motifs is 3. The summed E-state index contributed by atoms with van der Waals surface area (Å²) in [4.78, 5) is 24.5. The highest BCUT2D eigenvalue weighted by Crippen LogP contribution is 2.80. The maximum Gasteiger partial charge on any atom is 0.303 e. The van der Waals surface area contributed by atoms with Crippen LogP contribution in [-0.2, 0) is 28.5 Å². The standard InChI is InChI=1S/C24H34O8/c1-12(25)31-17-14-6-7-15-21-9-5-8-20(3,4)16(21)18(32-13(2)26)24(28,30-10-21)23(15,17)19(27)22(14)11-29-22/h14-19,27-28H,5-11H2,1-4H3. The van der Waals surface area contributed by atoms with Crippen LogP contribution in [0.15, 0.2) is 0 Å². The smallest absolute Gasteiger partial charge is 0.303 e. The molecule has 3 heterocycles. The molecule has 4 aliphatic carbocycles. The van der Waals surface area contributed by atoms with Crippen LogP contribution in [0.25, 0.3) is 0 Å². The number of rotatable bonds is 2. The Hall–Kier alpha value is -1.22. The van der Waals surface area contributed by atoms with Crippen LogP contribution >= 0.6 is 0 Å². The van der Waals surface area contributed by atoms with Crippen molar-refractivity contribution in [2.75, 3.05) is 13.2 Å². The first-order valence-electron chi connectivity index (χ1n) is 12.0. The van der Waals surface area contributed by atoms with Gasteiger partial charge < -0.3 is 29.2 Å². The second-order valence-electron chi connectivity index (χ2n) is 11.9. The molecule has 178 valence electrons. The summed E-state index contributed by atoms with van der Waals surface area (Å²) in [6.45, 7) is 7.76. The molecule has 8 heteroatoms. The molecule has 7 rings (SSSR count). The SMILES string of the molecule is CC(=O)OC1C2C(C)(C)CCCC23COC1(O)C12C(OC(C)=O)C(CCC31)C1(CO1)C2O. The van der Waals surface area contributed by atoms with Crippen molar-refractivity contribution in [2.24, 2.45) is 34.0 Å². The van der Waals surface area contributed by atoms with E-state index in [9.17, 15) is 19.8 Å². The number of esters is 2. The number of carbonyl (C=O) groups is 2. The highest BCUT2D eigenvalue weighted by atomic mass is 16.7. The summed E-state index contributed by atoms with van der Waals surface area (Å²) in [7, 11) is 0. The number of hydrogen-bond acceptors (Lipinski definition) is 8. The predicted molar refractivity (Wildman–Crippen MR) is 109 cm³/mol. The van der Waals surface area contributed by atoms with E-state index in [-0.39, 0.29) is 23.2 Å². The van der Waals surface area contributed by atoms with Crippen LogP contribution < -0.4 is 0 Å². The highest BCUT2D eigenvalue weighted by molar-refractivity contribution is 5.67. The topological polar surface area (TPSA) is 115 Å². The number of ether oxygens (including phenoxy) is 4. The van der Waals surface area contributed by atoms with Gasteiger partial charge in [0, 0.05) is 31.1 Å². The van der Waals surface area contributed by atoms with Gasteiger partial charge in [-0.25, -0.2) is 0 Å². The van der Waals surface area contributed by atoms with Gasteiger partial charge in [0.2, 0.25) is 5.79 Å². The van der Waals surface area contributed by atoms with Crippen LogP contribution in [0.3, 0.4) is 0 Å². The van der Waals surface area contributed by atoms with Crippen molar-refractivity contribution in [3.8, 4) is 0 Å². The second-order valence-corrected chi connectivity index (χ2v) is 11.9. The van der Waals surface area contributed by atoms with Crippen molar-refractivity contribution in [1.82, 2.24) is 0 Å². The zero-order valence-electron chi connectivity index (χ0n) is 19.3. The van der Waals surface area contributed by atoms with Crippen LogP contribution in [0.1, 0.15) is 59.8 Å². The molecule has 0 radical (unpaired) electrons. The van der Waals surface area contributed by atoms with Gasteiger partial charge in [-0.05, 0) is 37.0 Å².